The molecule has 0 unspecified atom stereocenters. The Hall–Kier alpha value is -1.84. The van der Waals surface area contributed by atoms with Crippen LogP contribution < -0.4 is 15.4 Å². The lowest BCUT2D eigenvalue weighted by Gasteiger charge is -2.20. The summed E-state index contributed by atoms with van der Waals surface area (Å²) < 4.78 is 5.59. The van der Waals surface area contributed by atoms with Crippen LogP contribution in [0.2, 0.25) is 0 Å². The molecule has 2 heterocycles. The van der Waals surface area contributed by atoms with E-state index in [2.05, 4.69) is 74.9 Å². The normalized spacial score (nSPS) is 17.0. The Morgan fingerprint density at radius 2 is 1.76 bits per heavy atom. The van der Waals surface area contributed by atoms with Gasteiger partial charge in [0.25, 0.3) is 0 Å². The van der Waals surface area contributed by atoms with Crippen molar-refractivity contribution in [2.24, 2.45) is 4.99 Å². The van der Waals surface area contributed by atoms with E-state index < -0.39 is 0 Å². The van der Waals surface area contributed by atoms with Gasteiger partial charge in [-0.1, -0.05) is 36.4 Å². The fourth-order valence-electron chi connectivity index (χ4n) is 4.41. The smallest absolute Gasteiger partial charge is 0.191 e. The van der Waals surface area contributed by atoms with Crippen molar-refractivity contribution in [3.8, 4) is 5.75 Å². The highest BCUT2D eigenvalue weighted by molar-refractivity contribution is 14.0. The molecule has 0 atom stereocenters. The zero-order valence-electron chi connectivity index (χ0n) is 20.0. The van der Waals surface area contributed by atoms with E-state index in [-0.39, 0.29) is 24.0 Å². The van der Waals surface area contributed by atoms with Gasteiger partial charge >= 0.3 is 0 Å². The number of ether oxygens (including phenoxy) is 1. The van der Waals surface area contributed by atoms with Gasteiger partial charge in [0.05, 0.1) is 6.61 Å². The van der Waals surface area contributed by atoms with Gasteiger partial charge in [0.15, 0.2) is 5.96 Å². The highest BCUT2D eigenvalue weighted by atomic mass is 127. The van der Waals surface area contributed by atoms with E-state index >= 15 is 0 Å². The summed E-state index contributed by atoms with van der Waals surface area (Å²) >= 11 is 0. The molecule has 180 valence electrons. The Labute approximate surface area is 215 Å². The van der Waals surface area contributed by atoms with Gasteiger partial charge in [0, 0.05) is 46.2 Å². The molecule has 0 bridgehead atoms. The molecule has 0 aromatic heterocycles. The van der Waals surface area contributed by atoms with Crippen LogP contribution in [0, 0.1) is 0 Å². The van der Waals surface area contributed by atoms with Gasteiger partial charge in [-0.2, -0.15) is 0 Å². The molecule has 2 aromatic carbocycles. The van der Waals surface area contributed by atoms with Gasteiger partial charge in [0.1, 0.15) is 5.75 Å². The quantitative estimate of drug-likeness (QED) is 0.308. The molecule has 0 radical (unpaired) electrons. The van der Waals surface area contributed by atoms with Gasteiger partial charge in [-0.3, -0.25) is 9.89 Å². The molecule has 2 aliphatic heterocycles. The van der Waals surface area contributed by atoms with E-state index in [4.69, 9.17) is 4.74 Å². The monoisotopic (exact) mass is 563 g/mol. The molecule has 4 rings (SSSR count). The van der Waals surface area contributed by atoms with E-state index in [1.54, 1.807) is 0 Å². The van der Waals surface area contributed by atoms with Crippen LogP contribution in [0.5, 0.6) is 5.75 Å². The molecule has 0 amide bonds. The third-order valence-electron chi connectivity index (χ3n) is 6.38. The van der Waals surface area contributed by atoms with Gasteiger partial charge in [-0.25, -0.2) is 0 Å². The molecule has 6 nitrogen and oxygen atoms in total. The summed E-state index contributed by atoms with van der Waals surface area (Å²) in [6.45, 7) is 8.18. The number of nitrogens with one attached hydrogen (secondary N) is 2. The lowest BCUT2D eigenvalue weighted by molar-refractivity contribution is 0.269. The average Bonchev–Trinajstić information content (AvgIpc) is 3.19. The summed E-state index contributed by atoms with van der Waals surface area (Å²) in [5.41, 5.74) is 5.33. The van der Waals surface area contributed by atoms with E-state index in [9.17, 15) is 0 Å². The Morgan fingerprint density at radius 1 is 0.970 bits per heavy atom. The molecule has 1 saturated heterocycles. The third-order valence-corrected chi connectivity index (χ3v) is 6.38. The molecule has 2 aromatic rings. The minimum atomic E-state index is 0. The minimum absolute atomic E-state index is 0. The van der Waals surface area contributed by atoms with Gasteiger partial charge < -0.3 is 20.3 Å². The summed E-state index contributed by atoms with van der Waals surface area (Å²) in [7, 11) is 4.04. The third kappa shape index (κ3) is 7.86. The highest BCUT2D eigenvalue weighted by Crippen LogP contribution is 2.25. The number of halogens is 1. The fraction of sp³-hybridized carbons (Fsp3) is 0.500. The molecular formula is C26H38IN5O. The number of likely N-dealkylation sites (N-methyl/N-ethyl adjacent to an activating group) is 1. The SMILES string of the molecule is CN=C(NCCc1ccc2c(c1)CCO2)NCc1ccc(CN2CCCN(C)CC2)cc1.I. The van der Waals surface area contributed by atoms with Crippen molar-refractivity contribution in [1.82, 2.24) is 20.4 Å². The second kappa shape index (κ2) is 13.2. The minimum Gasteiger partial charge on any atom is -0.493 e. The van der Waals surface area contributed by atoms with Crippen molar-refractivity contribution < 1.29 is 4.74 Å². The van der Waals surface area contributed by atoms with E-state index in [0.29, 0.717) is 0 Å². The number of aliphatic imine (C=N–C) groups is 1. The van der Waals surface area contributed by atoms with E-state index in [1.165, 1.54) is 41.8 Å². The van der Waals surface area contributed by atoms with Crippen LogP contribution in [-0.4, -0.2) is 69.2 Å². The summed E-state index contributed by atoms with van der Waals surface area (Å²) in [4.78, 5) is 9.36. The number of fused-ring (bicyclic) bond motifs is 1. The number of benzene rings is 2. The Bertz CT molecular complexity index is 902. The Morgan fingerprint density at radius 3 is 2.58 bits per heavy atom. The molecule has 1 fully saturated rings. The Balaban J connectivity index is 0.00000306. The standard InChI is InChI=1S/C26H37N5O.HI/c1-27-26(28-12-10-21-8-9-25-24(18-21)11-17-32-25)29-19-22-4-6-23(7-5-22)20-31-14-3-13-30(2)15-16-31;/h4-9,18H,3,10-17,19-20H2,1-2H3,(H2,27,28,29);1H. The zero-order valence-corrected chi connectivity index (χ0v) is 22.3. The molecule has 0 saturated carbocycles. The number of guanidine groups is 1. The molecule has 0 aliphatic carbocycles. The van der Waals surface area contributed by atoms with Crippen LogP contribution in [0.15, 0.2) is 47.5 Å². The van der Waals surface area contributed by atoms with Crippen LogP contribution >= 0.6 is 24.0 Å². The van der Waals surface area contributed by atoms with Gasteiger partial charge in [-0.15, -0.1) is 24.0 Å². The van der Waals surface area contributed by atoms with Crippen molar-refractivity contribution in [2.45, 2.75) is 32.4 Å². The average molecular weight is 564 g/mol. The van der Waals surface area contributed by atoms with Crippen molar-refractivity contribution in [1.29, 1.82) is 0 Å². The first-order valence-electron chi connectivity index (χ1n) is 11.9. The number of hydrogen-bond acceptors (Lipinski definition) is 4. The first-order chi connectivity index (χ1) is 15.7. The van der Waals surface area contributed by atoms with Crippen LogP contribution in [0.25, 0.3) is 0 Å². The van der Waals surface area contributed by atoms with Crippen molar-refractivity contribution in [2.75, 3.05) is 53.4 Å². The molecule has 0 spiro atoms. The largest absolute Gasteiger partial charge is 0.493 e. The molecule has 7 heteroatoms. The number of rotatable bonds is 7. The lowest BCUT2D eigenvalue weighted by Crippen LogP contribution is -2.37. The predicted molar refractivity (Wildman–Crippen MR) is 147 cm³/mol. The lowest BCUT2D eigenvalue weighted by atomic mass is 10.1. The van der Waals surface area contributed by atoms with Crippen LogP contribution in [0.3, 0.4) is 0 Å². The maximum Gasteiger partial charge on any atom is 0.191 e. The van der Waals surface area contributed by atoms with Gasteiger partial charge in [-0.05, 0) is 61.3 Å². The first kappa shape index (κ1) is 25.8. The zero-order chi connectivity index (χ0) is 22.2. The summed E-state index contributed by atoms with van der Waals surface area (Å²) in [6, 6.07) is 15.5. The predicted octanol–water partition coefficient (Wildman–Crippen LogP) is 3.28. The summed E-state index contributed by atoms with van der Waals surface area (Å²) in [6.07, 6.45) is 3.24. The number of nitrogens with zero attached hydrogens (tertiary/aromatic N) is 3. The first-order valence-corrected chi connectivity index (χ1v) is 11.9. The molecule has 33 heavy (non-hydrogen) atoms. The van der Waals surface area contributed by atoms with Crippen molar-refractivity contribution in [3.05, 3.63) is 64.7 Å². The second-order valence-electron chi connectivity index (χ2n) is 8.89. The molecule has 2 N–H and O–H groups in total. The van der Waals surface area contributed by atoms with Crippen molar-refractivity contribution >= 4 is 29.9 Å². The topological polar surface area (TPSA) is 52.1 Å². The Kier molecular flexibility index (Phi) is 10.3. The molecule has 2 aliphatic rings. The molecular weight excluding hydrogens is 525 g/mol. The van der Waals surface area contributed by atoms with E-state index in [0.717, 1.165) is 63.9 Å². The van der Waals surface area contributed by atoms with Gasteiger partial charge in [0.2, 0.25) is 0 Å². The second-order valence-corrected chi connectivity index (χ2v) is 8.89. The van der Waals surface area contributed by atoms with Crippen molar-refractivity contribution in [3.63, 3.8) is 0 Å². The maximum absolute atomic E-state index is 5.59. The van der Waals surface area contributed by atoms with Crippen LogP contribution in [0.1, 0.15) is 28.7 Å². The van der Waals surface area contributed by atoms with Crippen LogP contribution in [0.4, 0.5) is 0 Å². The van der Waals surface area contributed by atoms with Crippen LogP contribution in [-0.2, 0) is 25.9 Å². The maximum atomic E-state index is 5.59. The summed E-state index contributed by atoms with van der Waals surface area (Å²) in [5.74, 6) is 1.89. The number of hydrogen-bond donors (Lipinski definition) is 2. The fourth-order valence-corrected chi connectivity index (χ4v) is 4.41. The highest BCUT2D eigenvalue weighted by Gasteiger charge is 2.13. The summed E-state index contributed by atoms with van der Waals surface area (Å²) in [5, 5.41) is 6.86. The van der Waals surface area contributed by atoms with E-state index in [1.807, 2.05) is 7.05 Å².